The van der Waals surface area contributed by atoms with Crippen LogP contribution in [0.15, 0.2) is 42.5 Å². The summed E-state index contributed by atoms with van der Waals surface area (Å²) in [7, 11) is 0. The number of hydrogen-bond acceptors (Lipinski definition) is 2. The highest BCUT2D eigenvalue weighted by atomic mass is 19.1. The largest absolute Gasteiger partial charge is 0.454 e. The van der Waals surface area contributed by atoms with Crippen LogP contribution in [-0.4, -0.2) is 0 Å². The highest BCUT2D eigenvalue weighted by molar-refractivity contribution is 5.42. The Morgan fingerprint density at radius 3 is 2.38 bits per heavy atom. The zero-order valence-electron chi connectivity index (χ0n) is 13.0. The Bertz CT molecular complexity index is 629. The van der Waals surface area contributed by atoms with Gasteiger partial charge in [-0.15, -0.1) is 0 Å². The van der Waals surface area contributed by atoms with Crippen LogP contribution >= 0.6 is 0 Å². The molecule has 2 rings (SSSR count). The molecule has 2 N–H and O–H groups in total. The summed E-state index contributed by atoms with van der Waals surface area (Å²) >= 11 is 0. The van der Waals surface area contributed by atoms with Gasteiger partial charge >= 0.3 is 0 Å². The summed E-state index contributed by atoms with van der Waals surface area (Å²) in [6, 6.07) is 12.3. The van der Waals surface area contributed by atoms with Crippen LogP contribution in [0.1, 0.15) is 44.9 Å². The van der Waals surface area contributed by atoms with Crippen molar-refractivity contribution in [3.8, 4) is 11.5 Å². The predicted molar refractivity (Wildman–Crippen MR) is 84.2 cm³/mol. The van der Waals surface area contributed by atoms with Crippen LogP contribution in [-0.2, 0) is 5.41 Å². The Labute approximate surface area is 125 Å². The van der Waals surface area contributed by atoms with E-state index in [1.807, 2.05) is 31.2 Å². The topological polar surface area (TPSA) is 35.2 Å². The molecule has 112 valence electrons. The van der Waals surface area contributed by atoms with Crippen LogP contribution in [0.5, 0.6) is 11.5 Å². The summed E-state index contributed by atoms with van der Waals surface area (Å²) in [5.74, 6) is 0.430. The molecule has 0 fully saturated rings. The van der Waals surface area contributed by atoms with Gasteiger partial charge in [0.15, 0.2) is 11.6 Å². The molecule has 2 aromatic rings. The molecule has 2 nitrogen and oxygen atoms in total. The van der Waals surface area contributed by atoms with Gasteiger partial charge in [0, 0.05) is 11.6 Å². The third kappa shape index (κ3) is 3.61. The lowest BCUT2D eigenvalue weighted by molar-refractivity contribution is 0.431. The van der Waals surface area contributed by atoms with Crippen LogP contribution in [0.3, 0.4) is 0 Å². The van der Waals surface area contributed by atoms with Crippen LogP contribution in [0.2, 0.25) is 0 Å². The highest BCUT2D eigenvalue weighted by Gasteiger charge is 2.17. The van der Waals surface area contributed by atoms with Gasteiger partial charge in [-0.05, 0) is 36.1 Å². The maximum Gasteiger partial charge on any atom is 0.167 e. The lowest BCUT2D eigenvalue weighted by atomic mass is 9.87. The zero-order chi connectivity index (χ0) is 15.6. The Hall–Kier alpha value is -1.87. The molecule has 0 aliphatic heterocycles. The number of ether oxygens (including phenoxy) is 1. The van der Waals surface area contributed by atoms with Gasteiger partial charge < -0.3 is 10.5 Å². The summed E-state index contributed by atoms with van der Waals surface area (Å²) in [6.45, 7) is 8.20. The molecule has 0 aliphatic rings. The third-order valence-electron chi connectivity index (χ3n) is 3.41. The average molecular weight is 287 g/mol. The van der Waals surface area contributed by atoms with E-state index in [0.717, 1.165) is 5.56 Å². The SMILES string of the molecule is CC(N)c1cccc(F)c1Oc1cccc(C(C)(C)C)c1. The fraction of sp³-hybridized carbons (Fsp3) is 0.333. The molecular weight excluding hydrogens is 265 g/mol. The first-order valence-electron chi connectivity index (χ1n) is 7.11. The van der Waals surface area contributed by atoms with Gasteiger partial charge in [0.05, 0.1) is 0 Å². The maximum absolute atomic E-state index is 14.1. The van der Waals surface area contributed by atoms with Gasteiger partial charge in [-0.25, -0.2) is 4.39 Å². The molecule has 1 atom stereocenters. The summed E-state index contributed by atoms with van der Waals surface area (Å²) in [6.07, 6.45) is 0. The normalized spacial score (nSPS) is 13.0. The van der Waals surface area contributed by atoms with Crippen molar-refractivity contribution in [1.82, 2.24) is 0 Å². The maximum atomic E-state index is 14.1. The summed E-state index contributed by atoms with van der Waals surface area (Å²) in [4.78, 5) is 0. The number of benzene rings is 2. The van der Waals surface area contributed by atoms with E-state index in [-0.39, 0.29) is 17.2 Å². The standard InChI is InChI=1S/C18H22FNO/c1-12(20)15-9-6-10-16(19)17(15)21-14-8-5-7-13(11-14)18(2,3)4/h5-12H,20H2,1-4H3. The molecule has 0 radical (unpaired) electrons. The van der Waals surface area contributed by atoms with Crippen molar-refractivity contribution in [2.24, 2.45) is 5.73 Å². The summed E-state index contributed by atoms with van der Waals surface area (Å²) in [5, 5.41) is 0. The Morgan fingerprint density at radius 2 is 1.76 bits per heavy atom. The van der Waals surface area contributed by atoms with E-state index in [1.54, 1.807) is 12.1 Å². The second-order valence-electron chi connectivity index (χ2n) is 6.33. The van der Waals surface area contributed by atoms with E-state index in [1.165, 1.54) is 6.07 Å². The molecular formula is C18H22FNO. The van der Waals surface area contributed by atoms with Crippen LogP contribution in [0.25, 0.3) is 0 Å². The smallest absolute Gasteiger partial charge is 0.167 e. The van der Waals surface area contributed by atoms with E-state index in [4.69, 9.17) is 10.5 Å². The molecule has 0 spiro atoms. The monoisotopic (exact) mass is 287 g/mol. The molecule has 2 aromatic carbocycles. The Balaban J connectivity index is 2.39. The molecule has 0 bridgehead atoms. The minimum atomic E-state index is -0.397. The third-order valence-corrected chi connectivity index (χ3v) is 3.41. The number of hydrogen-bond donors (Lipinski definition) is 1. The van der Waals surface area contributed by atoms with Gasteiger partial charge in [0.2, 0.25) is 0 Å². The predicted octanol–water partition coefficient (Wildman–Crippen LogP) is 4.94. The zero-order valence-corrected chi connectivity index (χ0v) is 13.0. The number of halogens is 1. The first-order chi connectivity index (χ1) is 9.79. The lowest BCUT2D eigenvalue weighted by Gasteiger charge is -2.20. The number of nitrogens with two attached hydrogens (primary N) is 1. The van der Waals surface area contributed by atoms with Crippen molar-refractivity contribution in [1.29, 1.82) is 0 Å². The minimum Gasteiger partial charge on any atom is -0.454 e. The fourth-order valence-corrected chi connectivity index (χ4v) is 2.14. The molecule has 0 heterocycles. The van der Waals surface area contributed by atoms with Crippen molar-refractivity contribution >= 4 is 0 Å². The summed E-state index contributed by atoms with van der Waals surface area (Å²) in [5.41, 5.74) is 7.70. The molecule has 1 unspecified atom stereocenters. The first kappa shape index (κ1) is 15.5. The molecule has 0 aliphatic carbocycles. The van der Waals surface area contributed by atoms with Crippen molar-refractivity contribution in [2.75, 3.05) is 0 Å². The fourth-order valence-electron chi connectivity index (χ4n) is 2.14. The van der Waals surface area contributed by atoms with Crippen molar-refractivity contribution in [2.45, 2.75) is 39.2 Å². The highest BCUT2D eigenvalue weighted by Crippen LogP contribution is 2.33. The van der Waals surface area contributed by atoms with Crippen molar-refractivity contribution in [3.63, 3.8) is 0 Å². The van der Waals surface area contributed by atoms with Crippen molar-refractivity contribution < 1.29 is 9.13 Å². The van der Waals surface area contributed by atoms with Gasteiger partial charge in [0.1, 0.15) is 5.75 Å². The quantitative estimate of drug-likeness (QED) is 0.868. The molecule has 0 saturated carbocycles. The molecule has 0 amide bonds. The van der Waals surface area contributed by atoms with Crippen LogP contribution in [0, 0.1) is 5.82 Å². The molecule has 3 heteroatoms. The van der Waals surface area contributed by atoms with Crippen molar-refractivity contribution in [3.05, 3.63) is 59.4 Å². The second kappa shape index (κ2) is 5.86. The van der Waals surface area contributed by atoms with E-state index in [9.17, 15) is 4.39 Å². The number of para-hydroxylation sites is 1. The van der Waals surface area contributed by atoms with E-state index < -0.39 is 5.82 Å². The van der Waals surface area contributed by atoms with Gasteiger partial charge in [0.25, 0.3) is 0 Å². The molecule has 21 heavy (non-hydrogen) atoms. The lowest BCUT2D eigenvalue weighted by Crippen LogP contribution is -2.11. The van der Waals surface area contributed by atoms with Gasteiger partial charge in [-0.2, -0.15) is 0 Å². The van der Waals surface area contributed by atoms with Gasteiger partial charge in [-0.1, -0.05) is 45.0 Å². The first-order valence-corrected chi connectivity index (χ1v) is 7.11. The molecule has 0 saturated heterocycles. The minimum absolute atomic E-state index is 0.0125. The average Bonchev–Trinajstić information content (AvgIpc) is 2.40. The van der Waals surface area contributed by atoms with E-state index in [0.29, 0.717) is 11.3 Å². The second-order valence-corrected chi connectivity index (χ2v) is 6.33. The van der Waals surface area contributed by atoms with Gasteiger partial charge in [-0.3, -0.25) is 0 Å². The molecule has 0 aromatic heterocycles. The summed E-state index contributed by atoms with van der Waals surface area (Å²) < 4.78 is 19.8. The van der Waals surface area contributed by atoms with Crippen LogP contribution < -0.4 is 10.5 Å². The van der Waals surface area contributed by atoms with E-state index in [2.05, 4.69) is 20.8 Å². The Morgan fingerprint density at radius 1 is 1.10 bits per heavy atom. The van der Waals surface area contributed by atoms with E-state index >= 15 is 0 Å². The number of rotatable bonds is 3. The Kier molecular flexibility index (Phi) is 4.33. The van der Waals surface area contributed by atoms with Crippen LogP contribution in [0.4, 0.5) is 4.39 Å².